The zero-order valence-electron chi connectivity index (χ0n) is 15.4. The second-order valence-electron chi connectivity index (χ2n) is 8.39. The van der Waals surface area contributed by atoms with Gasteiger partial charge in [-0.05, 0) is 84.9 Å². The highest BCUT2D eigenvalue weighted by Gasteiger charge is 2.54. The second kappa shape index (κ2) is 6.24. The Labute approximate surface area is 164 Å². The first kappa shape index (κ1) is 17.1. The Hall–Kier alpha value is -2.06. The van der Waals surface area contributed by atoms with Crippen molar-refractivity contribution in [3.8, 4) is 11.1 Å². The molecular formula is C24H23ClO2. The van der Waals surface area contributed by atoms with E-state index in [0.29, 0.717) is 28.2 Å². The van der Waals surface area contributed by atoms with Crippen LogP contribution in [0.4, 0.5) is 0 Å². The van der Waals surface area contributed by atoms with Crippen molar-refractivity contribution in [2.75, 3.05) is 0 Å². The maximum atomic E-state index is 13.3. The number of carbonyl (C=O) groups is 1. The maximum absolute atomic E-state index is 13.3. The molecule has 3 saturated carbocycles. The predicted molar refractivity (Wildman–Crippen MR) is 109 cm³/mol. The summed E-state index contributed by atoms with van der Waals surface area (Å²) in [7, 11) is 0. The molecule has 0 saturated heterocycles. The number of fused-ring (bicyclic) bond motifs is 2. The Kier molecular flexibility index (Phi) is 3.94. The van der Waals surface area contributed by atoms with E-state index in [1.54, 1.807) is 0 Å². The van der Waals surface area contributed by atoms with Crippen LogP contribution in [0.2, 0.25) is 5.02 Å². The molecule has 0 unspecified atom stereocenters. The summed E-state index contributed by atoms with van der Waals surface area (Å²) in [6.07, 6.45) is 4.59. The molecule has 1 N–H and O–H groups in total. The third-order valence-electron chi connectivity index (χ3n) is 7.02. The quantitative estimate of drug-likeness (QED) is 0.673. The number of aliphatic hydroxyl groups excluding tert-OH is 1. The van der Waals surface area contributed by atoms with E-state index in [2.05, 4.69) is 12.1 Å². The van der Waals surface area contributed by atoms with Gasteiger partial charge in [-0.3, -0.25) is 4.79 Å². The molecule has 0 amide bonds. The van der Waals surface area contributed by atoms with Crippen molar-refractivity contribution < 1.29 is 9.90 Å². The van der Waals surface area contributed by atoms with E-state index in [-0.39, 0.29) is 17.6 Å². The van der Waals surface area contributed by atoms with Crippen LogP contribution >= 0.6 is 11.6 Å². The van der Waals surface area contributed by atoms with Crippen molar-refractivity contribution in [1.29, 1.82) is 0 Å². The largest absolute Gasteiger partial charge is 0.511 e. The Bertz CT molecular complexity index is 949. The molecule has 2 bridgehead atoms. The molecule has 2 atom stereocenters. The monoisotopic (exact) mass is 378 g/mol. The number of Topliss-reactive ketones (excluding diaryl/α,β-unsaturated/α-hetero) is 1. The number of hydrogen-bond donors (Lipinski definition) is 1. The van der Waals surface area contributed by atoms with Crippen molar-refractivity contribution in [3.05, 3.63) is 64.4 Å². The van der Waals surface area contributed by atoms with Crippen LogP contribution in [0.25, 0.3) is 16.7 Å². The summed E-state index contributed by atoms with van der Waals surface area (Å²) >= 11 is 6.02. The fourth-order valence-corrected chi connectivity index (χ4v) is 5.79. The van der Waals surface area contributed by atoms with Crippen LogP contribution in [-0.2, 0) is 4.79 Å². The summed E-state index contributed by atoms with van der Waals surface area (Å²) in [6, 6.07) is 13.9. The maximum Gasteiger partial charge on any atom is 0.170 e. The number of benzene rings is 2. The molecule has 3 fully saturated rings. The summed E-state index contributed by atoms with van der Waals surface area (Å²) in [6.45, 7) is 2.02. The summed E-state index contributed by atoms with van der Waals surface area (Å²) < 4.78 is 0. The minimum Gasteiger partial charge on any atom is -0.511 e. The predicted octanol–water partition coefficient (Wildman–Crippen LogP) is 6.22. The fraction of sp³-hybridized carbons (Fsp3) is 0.375. The SMILES string of the molecule is Cc1ccc(-c2ccc(Cl)cc2)cc1C1=C(O)[C@H]2[C@H]3CC[C@H](CC3)[C@H]2C1=O. The number of allylic oxidation sites excluding steroid dienone is 2. The van der Waals surface area contributed by atoms with Gasteiger partial charge in [0.15, 0.2) is 5.78 Å². The molecule has 4 aliphatic rings. The number of hydrogen-bond acceptors (Lipinski definition) is 2. The van der Waals surface area contributed by atoms with Gasteiger partial charge < -0.3 is 5.11 Å². The Morgan fingerprint density at radius 1 is 0.889 bits per heavy atom. The minimum atomic E-state index is 0.00564. The van der Waals surface area contributed by atoms with Gasteiger partial charge in [-0.1, -0.05) is 35.9 Å². The molecule has 6 rings (SSSR count). The highest BCUT2D eigenvalue weighted by atomic mass is 35.5. The molecule has 3 heteroatoms. The molecule has 2 aromatic rings. The molecule has 2 nitrogen and oxygen atoms in total. The van der Waals surface area contributed by atoms with Crippen LogP contribution in [-0.4, -0.2) is 10.9 Å². The molecule has 0 radical (unpaired) electrons. The van der Waals surface area contributed by atoms with E-state index in [1.807, 2.05) is 37.3 Å². The lowest BCUT2D eigenvalue weighted by molar-refractivity contribution is -0.123. The highest BCUT2D eigenvalue weighted by Crippen LogP contribution is 2.57. The molecule has 0 spiro atoms. The number of carbonyl (C=O) groups excluding carboxylic acids is 1. The highest BCUT2D eigenvalue weighted by molar-refractivity contribution is 6.30. The average Bonchev–Trinajstić information content (AvgIpc) is 2.97. The van der Waals surface area contributed by atoms with Gasteiger partial charge in [-0.25, -0.2) is 0 Å². The van der Waals surface area contributed by atoms with Gasteiger partial charge in [0.2, 0.25) is 0 Å². The van der Waals surface area contributed by atoms with E-state index in [4.69, 9.17) is 11.6 Å². The minimum absolute atomic E-state index is 0.00564. The van der Waals surface area contributed by atoms with E-state index < -0.39 is 0 Å². The van der Waals surface area contributed by atoms with Crippen molar-refractivity contribution in [2.24, 2.45) is 23.7 Å². The lowest BCUT2D eigenvalue weighted by atomic mass is 9.59. The van der Waals surface area contributed by atoms with Gasteiger partial charge in [0, 0.05) is 16.9 Å². The molecule has 0 heterocycles. The van der Waals surface area contributed by atoms with Crippen molar-refractivity contribution in [3.63, 3.8) is 0 Å². The molecule has 138 valence electrons. The smallest absolute Gasteiger partial charge is 0.170 e. The van der Waals surface area contributed by atoms with Gasteiger partial charge >= 0.3 is 0 Å². The van der Waals surface area contributed by atoms with Gasteiger partial charge in [-0.2, -0.15) is 0 Å². The van der Waals surface area contributed by atoms with Crippen LogP contribution < -0.4 is 0 Å². The standard InChI is InChI=1S/C24H23ClO2/c1-13-2-3-17(14-8-10-18(25)11-9-14)12-19(13)22-23(26)20-15-4-5-16(7-6-15)21(20)24(22)27/h2-3,8-12,15-16,20-21,26H,4-7H2,1H3/t15-,16+,20-,21+/m0/s1. The van der Waals surface area contributed by atoms with Crippen molar-refractivity contribution in [1.82, 2.24) is 0 Å². The topological polar surface area (TPSA) is 37.3 Å². The zero-order chi connectivity index (χ0) is 18.7. The average molecular weight is 379 g/mol. The van der Waals surface area contributed by atoms with Gasteiger partial charge in [0.25, 0.3) is 0 Å². The number of ketones is 1. The van der Waals surface area contributed by atoms with Gasteiger partial charge in [0.1, 0.15) is 5.76 Å². The van der Waals surface area contributed by atoms with Gasteiger partial charge in [0.05, 0.1) is 5.57 Å². The first-order valence-corrected chi connectivity index (χ1v) is 10.3. The Morgan fingerprint density at radius 3 is 2.11 bits per heavy atom. The third-order valence-corrected chi connectivity index (χ3v) is 7.28. The van der Waals surface area contributed by atoms with Crippen LogP contribution in [0, 0.1) is 30.6 Å². The molecule has 0 aromatic heterocycles. The number of aliphatic hydroxyl groups is 1. The van der Waals surface area contributed by atoms with Crippen molar-refractivity contribution in [2.45, 2.75) is 32.6 Å². The Balaban J connectivity index is 1.61. The first-order valence-electron chi connectivity index (χ1n) is 9.89. The van der Waals surface area contributed by atoms with E-state index >= 15 is 0 Å². The summed E-state index contributed by atoms with van der Waals surface area (Å²) in [5.41, 5.74) is 4.60. The lowest BCUT2D eigenvalue weighted by Crippen LogP contribution is -2.41. The number of halogens is 1. The summed E-state index contributed by atoms with van der Waals surface area (Å²) in [4.78, 5) is 13.3. The molecule has 2 aromatic carbocycles. The first-order chi connectivity index (χ1) is 13.0. The fourth-order valence-electron chi connectivity index (χ4n) is 5.66. The van der Waals surface area contributed by atoms with Crippen LogP contribution in [0.1, 0.15) is 36.8 Å². The Morgan fingerprint density at radius 2 is 1.48 bits per heavy atom. The van der Waals surface area contributed by atoms with E-state index in [1.165, 1.54) is 0 Å². The van der Waals surface area contributed by atoms with E-state index in [9.17, 15) is 9.90 Å². The normalized spacial score (nSPS) is 29.3. The van der Waals surface area contributed by atoms with Crippen molar-refractivity contribution >= 4 is 23.0 Å². The zero-order valence-corrected chi connectivity index (χ0v) is 16.2. The number of rotatable bonds is 2. The molecular weight excluding hydrogens is 356 g/mol. The van der Waals surface area contributed by atoms with Crippen LogP contribution in [0.15, 0.2) is 48.2 Å². The van der Waals surface area contributed by atoms with Gasteiger partial charge in [-0.15, -0.1) is 0 Å². The third kappa shape index (κ3) is 2.57. The van der Waals surface area contributed by atoms with E-state index in [0.717, 1.165) is 47.9 Å². The summed E-state index contributed by atoms with van der Waals surface area (Å²) in [5, 5.41) is 11.8. The molecule has 4 aliphatic carbocycles. The number of aryl methyl sites for hydroxylation is 1. The molecule has 0 aliphatic heterocycles. The molecule has 27 heavy (non-hydrogen) atoms. The van der Waals surface area contributed by atoms with Crippen LogP contribution in [0.3, 0.4) is 0 Å². The lowest BCUT2D eigenvalue weighted by Gasteiger charge is -2.44. The second-order valence-corrected chi connectivity index (χ2v) is 8.82. The van der Waals surface area contributed by atoms with Crippen LogP contribution in [0.5, 0.6) is 0 Å². The summed E-state index contributed by atoms with van der Waals surface area (Å²) in [5.74, 6) is 1.51.